The molecule has 5 nitrogen and oxygen atoms in total. The Morgan fingerprint density at radius 2 is 2.00 bits per heavy atom. The number of carbonyl (C=O) groups is 2. The van der Waals surface area contributed by atoms with Gasteiger partial charge >= 0.3 is 11.9 Å². The van der Waals surface area contributed by atoms with Crippen molar-refractivity contribution in [3.05, 3.63) is 0 Å². The van der Waals surface area contributed by atoms with Crippen LogP contribution in [0.2, 0.25) is 0 Å². The van der Waals surface area contributed by atoms with Gasteiger partial charge in [0, 0.05) is 11.3 Å². The van der Waals surface area contributed by atoms with E-state index in [9.17, 15) is 9.59 Å². The smallest absolute Gasteiger partial charge is 0.331 e. The van der Waals surface area contributed by atoms with E-state index in [1.165, 1.54) is 0 Å². The summed E-state index contributed by atoms with van der Waals surface area (Å²) in [7, 11) is 0. The van der Waals surface area contributed by atoms with E-state index < -0.39 is 11.6 Å². The minimum absolute atomic E-state index is 0.0209. The van der Waals surface area contributed by atoms with E-state index in [4.69, 9.17) is 14.5 Å². The van der Waals surface area contributed by atoms with Crippen molar-refractivity contribution >= 4 is 17.7 Å². The summed E-state index contributed by atoms with van der Waals surface area (Å²) in [6, 6.07) is -0.606. The third-order valence-electron chi connectivity index (χ3n) is 6.72. The molecule has 0 N–H and O–H groups in total. The second-order valence-corrected chi connectivity index (χ2v) is 9.78. The van der Waals surface area contributed by atoms with Crippen LogP contribution in [-0.2, 0) is 19.1 Å². The maximum Gasteiger partial charge on any atom is 0.331 e. The van der Waals surface area contributed by atoms with Gasteiger partial charge in [0.05, 0.1) is 12.1 Å². The summed E-state index contributed by atoms with van der Waals surface area (Å²) >= 11 is 0. The van der Waals surface area contributed by atoms with Gasteiger partial charge in [-0.3, -0.25) is 9.79 Å². The SMILES string of the molecule is CC(CC(=O)OC(C)(C)C)[C@H]1N=C2C(OC1=O)[C@@H]1CC[C@@]2(C)C1(C)C. The lowest BCUT2D eigenvalue weighted by atomic mass is 9.70. The van der Waals surface area contributed by atoms with E-state index in [1.54, 1.807) is 0 Å². The first kappa shape index (κ1) is 18.4. The zero-order chi connectivity index (χ0) is 18.8. The molecule has 1 heterocycles. The monoisotopic (exact) mass is 349 g/mol. The number of aliphatic imine (C=N–C) groups is 1. The molecule has 0 aromatic heterocycles. The topological polar surface area (TPSA) is 65.0 Å². The predicted molar refractivity (Wildman–Crippen MR) is 95.3 cm³/mol. The largest absolute Gasteiger partial charge is 0.460 e. The second kappa shape index (κ2) is 5.55. The van der Waals surface area contributed by atoms with Crippen LogP contribution in [0, 0.1) is 22.7 Å². The highest BCUT2D eigenvalue weighted by molar-refractivity contribution is 6.03. The van der Waals surface area contributed by atoms with Crippen molar-refractivity contribution in [3.8, 4) is 0 Å². The molecule has 0 amide bonds. The standard InChI is InChI=1S/C20H31NO4/c1-11(10-13(22)25-18(2,3)4)14-17(23)24-15-12-8-9-20(7,16(15)21-14)19(12,5)6/h11-12,14-15H,8-10H2,1-7H3/t11?,12-,14+,15?,20+/m0/s1. The Bertz CT molecular complexity index is 630. The number of ether oxygens (including phenoxy) is 2. The lowest BCUT2D eigenvalue weighted by Crippen LogP contribution is -2.46. The summed E-state index contributed by atoms with van der Waals surface area (Å²) in [4.78, 5) is 29.5. The van der Waals surface area contributed by atoms with Gasteiger partial charge in [0.25, 0.3) is 0 Å². The van der Waals surface area contributed by atoms with Crippen LogP contribution in [0.1, 0.15) is 67.7 Å². The van der Waals surface area contributed by atoms with Crippen LogP contribution in [0.25, 0.3) is 0 Å². The van der Waals surface area contributed by atoms with Crippen molar-refractivity contribution < 1.29 is 19.1 Å². The maximum atomic E-state index is 12.6. The van der Waals surface area contributed by atoms with Crippen molar-refractivity contribution in [1.29, 1.82) is 0 Å². The Hall–Kier alpha value is -1.39. The molecule has 0 aromatic carbocycles. The van der Waals surface area contributed by atoms with Crippen molar-refractivity contribution in [2.24, 2.45) is 27.7 Å². The first-order valence-corrected chi connectivity index (χ1v) is 9.37. The molecule has 2 fully saturated rings. The van der Waals surface area contributed by atoms with Gasteiger partial charge in [0.2, 0.25) is 0 Å². The normalized spacial score (nSPS) is 37.2. The van der Waals surface area contributed by atoms with E-state index in [0.29, 0.717) is 5.92 Å². The molecule has 5 heteroatoms. The minimum Gasteiger partial charge on any atom is -0.460 e. The van der Waals surface area contributed by atoms with E-state index in [1.807, 2.05) is 27.7 Å². The molecule has 2 saturated carbocycles. The Morgan fingerprint density at radius 1 is 1.36 bits per heavy atom. The van der Waals surface area contributed by atoms with Crippen molar-refractivity contribution in [1.82, 2.24) is 0 Å². The predicted octanol–water partition coefficient (Wildman–Crippen LogP) is 3.55. The van der Waals surface area contributed by atoms with Crippen LogP contribution < -0.4 is 0 Å². The van der Waals surface area contributed by atoms with E-state index in [0.717, 1.165) is 18.6 Å². The van der Waals surface area contributed by atoms with Gasteiger partial charge < -0.3 is 9.47 Å². The Balaban J connectivity index is 1.80. The van der Waals surface area contributed by atoms with Crippen LogP contribution >= 0.6 is 0 Å². The fourth-order valence-corrected chi connectivity index (χ4v) is 4.90. The lowest BCUT2D eigenvalue weighted by molar-refractivity contribution is -0.157. The van der Waals surface area contributed by atoms with Crippen molar-refractivity contribution in [3.63, 3.8) is 0 Å². The zero-order valence-corrected chi connectivity index (χ0v) is 16.5. The van der Waals surface area contributed by atoms with E-state index in [2.05, 4.69) is 20.8 Å². The molecule has 140 valence electrons. The highest BCUT2D eigenvalue weighted by atomic mass is 16.6. The molecule has 1 aliphatic heterocycles. The molecule has 0 saturated heterocycles. The number of esters is 2. The van der Waals surface area contributed by atoms with Crippen LogP contribution in [0.15, 0.2) is 4.99 Å². The number of nitrogens with zero attached hydrogens (tertiary/aromatic N) is 1. The summed E-state index contributed by atoms with van der Waals surface area (Å²) in [5, 5.41) is 0. The zero-order valence-electron chi connectivity index (χ0n) is 16.5. The first-order valence-electron chi connectivity index (χ1n) is 9.37. The Labute approximate surface area is 150 Å². The molecule has 3 aliphatic rings. The Morgan fingerprint density at radius 3 is 2.60 bits per heavy atom. The van der Waals surface area contributed by atoms with Gasteiger partial charge in [-0.25, -0.2) is 4.79 Å². The van der Waals surface area contributed by atoms with Crippen molar-refractivity contribution in [2.75, 3.05) is 0 Å². The molecule has 3 rings (SSSR count). The highest BCUT2D eigenvalue weighted by Gasteiger charge is 2.67. The van der Waals surface area contributed by atoms with Crippen molar-refractivity contribution in [2.45, 2.75) is 85.5 Å². The van der Waals surface area contributed by atoms with Gasteiger partial charge in [-0.1, -0.05) is 27.7 Å². The number of carbonyl (C=O) groups excluding carboxylic acids is 2. The number of hydrogen-bond donors (Lipinski definition) is 0. The molecule has 25 heavy (non-hydrogen) atoms. The summed E-state index contributed by atoms with van der Waals surface area (Å²) in [5.74, 6) is -0.477. The van der Waals surface area contributed by atoms with Gasteiger partial charge in [0.1, 0.15) is 11.7 Å². The lowest BCUT2D eigenvalue weighted by Gasteiger charge is -2.37. The highest BCUT2D eigenvalue weighted by Crippen LogP contribution is 2.65. The fourth-order valence-electron chi connectivity index (χ4n) is 4.90. The van der Waals surface area contributed by atoms with E-state index >= 15 is 0 Å². The number of hydrogen-bond acceptors (Lipinski definition) is 5. The van der Waals surface area contributed by atoms with E-state index in [-0.39, 0.29) is 41.2 Å². The summed E-state index contributed by atoms with van der Waals surface area (Å²) in [6.07, 6.45) is 2.16. The first-order chi connectivity index (χ1) is 11.4. The molecule has 2 bridgehead atoms. The van der Waals surface area contributed by atoms with Gasteiger partial charge in [-0.2, -0.15) is 0 Å². The summed E-state index contributed by atoms with van der Waals surface area (Å²) in [6.45, 7) is 14.2. The molecule has 0 spiro atoms. The number of fused-ring (bicyclic) bond motifs is 5. The molecule has 0 radical (unpaired) electrons. The molecule has 2 aliphatic carbocycles. The minimum atomic E-state index is -0.606. The van der Waals surface area contributed by atoms with Gasteiger partial charge in [0.15, 0.2) is 6.04 Å². The average Bonchev–Trinajstić information content (AvgIpc) is 2.75. The van der Waals surface area contributed by atoms with Crippen LogP contribution in [0.3, 0.4) is 0 Å². The Kier molecular flexibility index (Phi) is 4.09. The van der Waals surface area contributed by atoms with Gasteiger partial charge in [-0.15, -0.1) is 0 Å². The van der Waals surface area contributed by atoms with Crippen LogP contribution in [-0.4, -0.2) is 35.4 Å². The molecule has 2 unspecified atom stereocenters. The average molecular weight is 349 g/mol. The fraction of sp³-hybridized carbons (Fsp3) is 0.850. The van der Waals surface area contributed by atoms with Crippen LogP contribution in [0.4, 0.5) is 0 Å². The summed E-state index contributed by atoms with van der Waals surface area (Å²) in [5.41, 5.74) is 0.574. The third kappa shape index (κ3) is 2.80. The quantitative estimate of drug-likeness (QED) is 0.731. The molecule has 0 aromatic rings. The van der Waals surface area contributed by atoms with Gasteiger partial charge in [-0.05, 0) is 44.9 Å². The molecule has 5 atom stereocenters. The molecular weight excluding hydrogens is 318 g/mol. The second-order valence-electron chi connectivity index (χ2n) is 9.78. The van der Waals surface area contributed by atoms with Crippen LogP contribution in [0.5, 0.6) is 0 Å². The third-order valence-corrected chi connectivity index (χ3v) is 6.72. The molecular formula is C20H31NO4. The maximum absolute atomic E-state index is 12.6. The summed E-state index contributed by atoms with van der Waals surface area (Å²) < 4.78 is 11.2. The number of rotatable bonds is 3.